The first kappa shape index (κ1) is 15.7. The second-order valence-electron chi connectivity index (χ2n) is 4.29. The van der Waals surface area contributed by atoms with E-state index in [1.54, 1.807) is 0 Å². The average Bonchev–Trinajstić information content (AvgIpc) is 2.72. The molecule has 0 fully saturated rings. The van der Waals surface area contributed by atoms with Gasteiger partial charge in [-0.05, 0) is 13.3 Å². The number of carboxylic acid groups (broad SMARTS) is 1. The van der Waals surface area contributed by atoms with Crippen LogP contribution in [0.4, 0.5) is 0 Å². The Morgan fingerprint density at radius 2 is 2.05 bits per heavy atom. The number of furan rings is 1. The lowest BCUT2D eigenvalue weighted by atomic mass is 10.2. The minimum Gasteiger partial charge on any atom is -0.475 e. The highest BCUT2D eigenvalue weighted by Crippen LogP contribution is 2.19. The van der Waals surface area contributed by atoms with Crippen molar-refractivity contribution in [3.05, 3.63) is 17.6 Å². The fourth-order valence-corrected chi connectivity index (χ4v) is 2.92. The topological polar surface area (TPSA) is 96.6 Å². The van der Waals surface area contributed by atoms with E-state index in [1.807, 2.05) is 0 Å². The summed E-state index contributed by atoms with van der Waals surface area (Å²) < 4.78 is 31.3. The van der Waals surface area contributed by atoms with E-state index >= 15 is 0 Å². The van der Waals surface area contributed by atoms with Crippen LogP contribution in [0.2, 0.25) is 0 Å². The SMILES string of the molecule is CCCCCCNS(=O)(=O)c1cc(C(=O)O)oc1C. The molecule has 1 heterocycles. The Bertz CT molecular complexity index is 532. The largest absolute Gasteiger partial charge is 0.475 e. The molecule has 0 aromatic carbocycles. The highest BCUT2D eigenvalue weighted by molar-refractivity contribution is 7.89. The molecule has 108 valence electrons. The number of carbonyl (C=O) groups is 1. The molecule has 6 nitrogen and oxygen atoms in total. The van der Waals surface area contributed by atoms with Crippen LogP contribution in [0.1, 0.15) is 48.9 Å². The number of aryl methyl sites for hydroxylation is 1. The molecule has 1 rings (SSSR count). The summed E-state index contributed by atoms with van der Waals surface area (Å²) in [4.78, 5) is 10.6. The Balaban J connectivity index is 2.69. The molecule has 19 heavy (non-hydrogen) atoms. The number of sulfonamides is 1. The van der Waals surface area contributed by atoms with E-state index < -0.39 is 16.0 Å². The van der Waals surface area contributed by atoms with E-state index in [2.05, 4.69) is 11.6 Å². The first-order valence-corrected chi connectivity index (χ1v) is 7.70. The van der Waals surface area contributed by atoms with E-state index in [-0.39, 0.29) is 16.4 Å². The molecule has 0 aliphatic carbocycles. The number of carboxylic acids is 1. The normalized spacial score (nSPS) is 11.7. The maximum Gasteiger partial charge on any atom is 0.371 e. The quantitative estimate of drug-likeness (QED) is 0.715. The van der Waals surface area contributed by atoms with Gasteiger partial charge in [-0.3, -0.25) is 0 Å². The average molecular weight is 289 g/mol. The maximum absolute atomic E-state index is 12.0. The molecule has 7 heteroatoms. The fraction of sp³-hybridized carbons (Fsp3) is 0.583. The van der Waals surface area contributed by atoms with Gasteiger partial charge in [0.25, 0.3) is 0 Å². The Morgan fingerprint density at radius 3 is 2.58 bits per heavy atom. The molecular formula is C12H19NO5S. The summed E-state index contributed by atoms with van der Waals surface area (Å²) in [5.74, 6) is -1.57. The van der Waals surface area contributed by atoms with Crippen LogP contribution < -0.4 is 4.72 Å². The van der Waals surface area contributed by atoms with Crippen molar-refractivity contribution in [2.75, 3.05) is 6.54 Å². The number of aromatic carboxylic acids is 1. The third-order valence-electron chi connectivity index (χ3n) is 2.69. The second kappa shape index (κ2) is 6.72. The van der Waals surface area contributed by atoms with Crippen LogP contribution in [-0.4, -0.2) is 26.0 Å². The van der Waals surface area contributed by atoms with Gasteiger partial charge in [0.1, 0.15) is 10.7 Å². The molecule has 0 atom stereocenters. The van der Waals surface area contributed by atoms with E-state index in [0.29, 0.717) is 6.54 Å². The van der Waals surface area contributed by atoms with Crippen LogP contribution in [0, 0.1) is 6.92 Å². The Kier molecular flexibility index (Phi) is 5.56. The lowest BCUT2D eigenvalue weighted by molar-refractivity contribution is 0.0661. The molecule has 0 aliphatic heterocycles. The molecule has 0 bridgehead atoms. The molecule has 0 unspecified atom stereocenters. The number of nitrogens with one attached hydrogen (secondary N) is 1. The number of hydrogen-bond acceptors (Lipinski definition) is 4. The molecule has 1 aromatic rings. The zero-order valence-corrected chi connectivity index (χ0v) is 11.9. The summed E-state index contributed by atoms with van der Waals surface area (Å²) >= 11 is 0. The van der Waals surface area contributed by atoms with Gasteiger partial charge in [0.15, 0.2) is 0 Å². The van der Waals surface area contributed by atoms with Gasteiger partial charge in [-0.25, -0.2) is 17.9 Å². The summed E-state index contributed by atoms with van der Waals surface area (Å²) in [6, 6.07) is 1.03. The molecule has 0 radical (unpaired) electrons. The van der Waals surface area contributed by atoms with Crippen molar-refractivity contribution in [2.45, 2.75) is 44.4 Å². The van der Waals surface area contributed by atoms with Crippen molar-refractivity contribution in [3.63, 3.8) is 0 Å². The van der Waals surface area contributed by atoms with E-state index in [9.17, 15) is 13.2 Å². The lowest BCUT2D eigenvalue weighted by Crippen LogP contribution is -2.25. The fourth-order valence-electron chi connectivity index (χ4n) is 1.67. The highest BCUT2D eigenvalue weighted by atomic mass is 32.2. The van der Waals surface area contributed by atoms with Gasteiger partial charge in [-0.15, -0.1) is 0 Å². The molecule has 2 N–H and O–H groups in total. The zero-order valence-electron chi connectivity index (χ0n) is 11.1. The monoisotopic (exact) mass is 289 g/mol. The number of rotatable bonds is 8. The van der Waals surface area contributed by atoms with Gasteiger partial charge in [-0.1, -0.05) is 26.2 Å². The third-order valence-corrected chi connectivity index (χ3v) is 4.26. The van der Waals surface area contributed by atoms with Gasteiger partial charge < -0.3 is 9.52 Å². The predicted octanol–water partition coefficient (Wildman–Crippen LogP) is 2.14. The smallest absolute Gasteiger partial charge is 0.371 e. The number of hydrogen-bond donors (Lipinski definition) is 2. The van der Waals surface area contributed by atoms with Crippen molar-refractivity contribution in [2.24, 2.45) is 0 Å². The van der Waals surface area contributed by atoms with Gasteiger partial charge in [0.2, 0.25) is 15.8 Å². The van der Waals surface area contributed by atoms with E-state index in [1.165, 1.54) is 6.92 Å². The van der Waals surface area contributed by atoms with Crippen molar-refractivity contribution in [1.82, 2.24) is 4.72 Å². The molecular weight excluding hydrogens is 270 g/mol. The van der Waals surface area contributed by atoms with Crippen molar-refractivity contribution < 1.29 is 22.7 Å². The minimum absolute atomic E-state index is 0.0819. The zero-order chi connectivity index (χ0) is 14.5. The standard InChI is InChI=1S/C12H19NO5S/c1-3-4-5-6-7-13-19(16,17)11-8-10(12(14)15)18-9(11)2/h8,13H,3-7H2,1-2H3,(H,14,15). The van der Waals surface area contributed by atoms with Crippen LogP contribution in [0.25, 0.3) is 0 Å². The molecule has 0 saturated carbocycles. The third kappa shape index (κ3) is 4.36. The van der Waals surface area contributed by atoms with Crippen molar-refractivity contribution in [1.29, 1.82) is 0 Å². The summed E-state index contributed by atoms with van der Waals surface area (Å²) in [5, 5.41) is 8.75. The van der Waals surface area contributed by atoms with Crippen LogP contribution in [0.3, 0.4) is 0 Å². The van der Waals surface area contributed by atoms with E-state index in [0.717, 1.165) is 31.7 Å². The van der Waals surface area contributed by atoms with Crippen LogP contribution in [0.5, 0.6) is 0 Å². The van der Waals surface area contributed by atoms with Crippen molar-refractivity contribution in [3.8, 4) is 0 Å². The Hall–Kier alpha value is -1.34. The summed E-state index contributed by atoms with van der Waals surface area (Å²) in [6.45, 7) is 3.85. The summed E-state index contributed by atoms with van der Waals surface area (Å²) in [7, 11) is -3.70. The molecule has 0 aliphatic rings. The van der Waals surface area contributed by atoms with Gasteiger partial charge in [0.05, 0.1) is 0 Å². The lowest BCUT2D eigenvalue weighted by Gasteiger charge is -2.04. The maximum atomic E-state index is 12.0. The first-order valence-electron chi connectivity index (χ1n) is 6.22. The molecule has 0 spiro atoms. The van der Waals surface area contributed by atoms with Crippen LogP contribution in [0.15, 0.2) is 15.4 Å². The summed E-state index contributed by atoms with van der Waals surface area (Å²) in [5.41, 5.74) is 0. The Morgan fingerprint density at radius 1 is 1.37 bits per heavy atom. The molecule has 1 aromatic heterocycles. The number of unbranched alkanes of at least 4 members (excludes halogenated alkanes) is 3. The van der Waals surface area contributed by atoms with Crippen LogP contribution in [-0.2, 0) is 10.0 Å². The van der Waals surface area contributed by atoms with Crippen LogP contribution >= 0.6 is 0 Å². The molecule has 0 amide bonds. The second-order valence-corrected chi connectivity index (χ2v) is 6.03. The minimum atomic E-state index is -3.70. The predicted molar refractivity (Wildman–Crippen MR) is 69.7 cm³/mol. The van der Waals surface area contributed by atoms with E-state index in [4.69, 9.17) is 9.52 Å². The Labute approximate surface area is 112 Å². The summed E-state index contributed by atoms with van der Waals surface area (Å²) in [6.07, 6.45) is 3.87. The highest BCUT2D eigenvalue weighted by Gasteiger charge is 2.23. The van der Waals surface area contributed by atoms with Gasteiger partial charge in [-0.2, -0.15) is 0 Å². The van der Waals surface area contributed by atoms with Gasteiger partial charge in [0, 0.05) is 12.6 Å². The first-order chi connectivity index (χ1) is 8.88. The van der Waals surface area contributed by atoms with Gasteiger partial charge >= 0.3 is 5.97 Å². The molecule has 0 saturated heterocycles. The van der Waals surface area contributed by atoms with Crippen molar-refractivity contribution >= 4 is 16.0 Å².